The van der Waals surface area contributed by atoms with E-state index >= 15 is 0 Å². The highest BCUT2D eigenvalue weighted by Crippen LogP contribution is 1.78. The molecule has 1 aromatic heterocycles. The Labute approximate surface area is 41.0 Å². The van der Waals surface area contributed by atoms with Crippen LogP contribution >= 0.6 is 11.5 Å². The van der Waals surface area contributed by atoms with E-state index in [-0.39, 0.29) is 7.43 Å². The van der Waals surface area contributed by atoms with Crippen molar-refractivity contribution in [2.75, 3.05) is 0 Å². The van der Waals surface area contributed by atoms with Gasteiger partial charge in [0.1, 0.15) is 0 Å². The summed E-state index contributed by atoms with van der Waals surface area (Å²) in [5.41, 5.74) is 0. The van der Waals surface area contributed by atoms with Crippen LogP contribution in [0.2, 0.25) is 0 Å². The zero-order valence-electron chi connectivity index (χ0n) is 2.46. The van der Waals surface area contributed by atoms with E-state index in [1.54, 1.807) is 6.20 Å². The normalized spacial score (nSPS) is 6.67. The van der Waals surface area contributed by atoms with Gasteiger partial charge in [0.05, 0.1) is 6.20 Å². The molecule has 1 aromatic rings. The van der Waals surface area contributed by atoms with Crippen molar-refractivity contribution in [1.29, 1.82) is 0 Å². The van der Waals surface area contributed by atoms with Gasteiger partial charge in [0.15, 0.2) is 0 Å². The second-order valence-electron chi connectivity index (χ2n) is 0.588. The molecule has 34 valence electrons. The van der Waals surface area contributed by atoms with Gasteiger partial charge in [-0.2, -0.15) is 0 Å². The van der Waals surface area contributed by atoms with Crippen molar-refractivity contribution in [1.82, 2.24) is 9.59 Å². The maximum absolute atomic E-state index is 3.51. The monoisotopic (exact) mass is 102 g/mol. The first-order valence-corrected chi connectivity index (χ1v) is 2.05. The lowest BCUT2D eigenvalue weighted by Crippen LogP contribution is -1.51. The van der Waals surface area contributed by atoms with Gasteiger partial charge in [0, 0.05) is 5.38 Å². The van der Waals surface area contributed by atoms with Crippen molar-refractivity contribution in [3.05, 3.63) is 11.6 Å². The van der Waals surface area contributed by atoms with Crippen LogP contribution in [0.3, 0.4) is 0 Å². The summed E-state index contributed by atoms with van der Waals surface area (Å²) in [6.07, 6.45) is 1.66. The van der Waals surface area contributed by atoms with E-state index in [0.29, 0.717) is 0 Å². The minimum absolute atomic E-state index is 0. The van der Waals surface area contributed by atoms with Gasteiger partial charge in [0.2, 0.25) is 0 Å². The lowest BCUT2D eigenvalue weighted by molar-refractivity contribution is 1.16. The molecule has 0 spiro atoms. The molecule has 0 unspecified atom stereocenters. The molecule has 3 heteroatoms. The van der Waals surface area contributed by atoms with Crippen LogP contribution in [0.25, 0.3) is 0 Å². The van der Waals surface area contributed by atoms with Gasteiger partial charge in [0.25, 0.3) is 0 Å². The van der Waals surface area contributed by atoms with Crippen LogP contribution in [-0.4, -0.2) is 9.59 Å². The zero-order chi connectivity index (χ0) is 3.54. The van der Waals surface area contributed by atoms with E-state index in [1.807, 2.05) is 5.38 Å². The van der Waals surface area contributed by atoms with Crippen molar-refractivity contribution < 1.29 is 0 Å². The molecule has 1 heterocycles. The molecule has 0 aliphatic carbocycles. The fourth-order valence-corrected chi connectivity index (χ4v) is 0.408. The zero-order valence-corrected chi connectivity index (χ0v) is 3.27. The van der Waals surface area contributed by atoms with Crippen LogP contribution in [0.15, 0.2) is 11.6 Å². The topological polar surface area (TPSA) is 25.8 Å². The highest BCUT2D eigenvalue weighted by atomic mass is 32.1. The van der Waals surface area contributed by atoms with E-state index in [1.165, 1.54) is 11.5 Å². The standard InChI is InChI=1S/C2H2N2S.CH4/c1-2-5-4-3-1;/h1-2H;1H4. The molecule has 0 bridgehead atoms. The Balaban J connectivity index is 0.000000250. The first-order chi connectivity index (χ1) is 2.50. The van der Waals surface area contributed by atoms with Crippen molar-refractivity contribution in [2.24, 2.45) is 0 Å². The molecule has 0 N–H and O–H groups in total. The van der Waals surface area contributed by atoms with Gasteiger partial charge in [-0.1, -0.05) is 11.9 Å². The molecule has 2 nitrogen and oxygen atoms in total. The van der Waals surface area contributed by atoms with Crippen LogP contribution in [0.1, 0.15) is 7.43 Å². The highest BCUT2D eigenvalue weighted by Gasteiger charge is 1.61. The predicted octanol–water partition coefficient (Wildman–Crippen LogP) is 1.17. The number of rotatable bonds is 0. The summed E-state index contributed by atoms with van der Waals surface area (Å²) in [7, 11) is 0. The number of aromatic nitrogens is 2. The van der Waals surface area contributed by atoms with Crippen molar-refractivity contribution in [3.8, 4) is 0 Å². The fraction of sp³-hybridized carbons (Fsp3) is 0.333. The Bertz CT molecular complexity index is 65.3. The fourth-order valence-electron chi connectivity index (χ4n) is 0.136. The summed E-state index contributed by atoms with van der Waals surface area (Å²) in [4.78, 5) is 0. The van der Waals surface area contributed by atoms with Gasteiger partial charge in [-0.3, -0.25) is 0 Å². The molecule has 6 heavy (non-hydrogen) atoms. The summed E-state index contributed by atoms with van der Waals surface area (Å²) in [5, 5.41) is 5.31. The lowest BCUT2D eigenvalue weighted by Gasteiger charge is -1.40. The smallest absolute Gasteiger partial charge is 0.0620 e. The van der Waals surface area contributed by atoms with E-state index < -0.39 is 0 Å². The Hall–Kier alpha value is -0.440. The van der Waals surface area contributed by atoms with Gasteiger partial charge >= 0.3 is 0 Å². The van der Waals surface area contributed by atoms with Gasteiger partial charge < -0.3 is 0 Å². The molecule has 1 rings (SSSR count). The lowest BCUT2D eigenvalue weighted by atomic mass is 11.1. The first kappa shape index (κ1) is 5.56. The van der Waals surface area contributed by atoms with E-state index in [0.717, 1.165) is 0 Å². The molecular formula is C3H6N2S. The van der Waals surface area contributed by atoms with E-state index in [4.69, 9.17) is 0 Å². The third kappa shape index (κ3) is 1.12. The predicted molar refractivity (Wildman–Crippen MR) is 26.6 cm³/mol. The van der Waals surface area contributed by atoms with Crippen LogP contribution in [-0.2, 0) is 0 Å². The van der Waals surface area contributed by atoms with Crippen LogP contribution in [0.4, 0.5) is 0 Å². The molecule has 0 saturated heterocycles. The average molecular weight is 102 g/mol. The molecule has 0 aromatic carbocycles. The summed E-state index contributed by atoms with van der Waals surface area (Å²) in [5.74, 6) is 0. The molecule has 0 amide bonds. The Morgan fingerprint density at radius 1 is 1.50 bits per heavy atom. The summed E-state index contributed by atoms with van der Waals surface area (Å²) in [6, 6.07) is 0. The summed E-state index contributed by atoms with van der Waals surface area (Å²) in [6.45, 7) is 0. The number of nitrogens with zero attached hydrogens (tertiary/aromatic N) is 2. The molecule has 0 fully saturated rings. The molecular weight excluding hydrogens is 96.1 g/mol. The van der Waals surface area contributed by atoms with Crippen molar-refractivity contribution in [2.45, 2.75) is 7.43 Å². The van der Waals surface area contributed by atoms with E-state index in [2.05, 4.69) is 9.59 Å². The largest absolute Gasteiger partial charge is 0.147 e. The quantitative estimate of drug-likeness (QED) is 0.491. The third-order valence-electron chi connectivity index (χ3n) is 0.283. The van der Waals surface area contributed by atoms with Crippen LogP contribution < -0.4 is 0 Å². The molecule has 0 aliphatic heterocycles. The Morgan fingerprint density at radius 2 is 2.33 bits per heavy atom. The van der Waals surface area contributed by atoms with Gasteiger partial charge in [-0.25, -0.2) is 0 Å². The second-order valence-corrected chi connectivity index (χ2v) is 1.23. The number of hydrogen-bond donors (Lipinski definition) is 0. The Morgan fingerprint density at radius 3 is 2.50 bits per heavy atom. The van der Waals surface area contributed by atoms with Gasteiger partial charge in [-0.05, 0) is 11.5 Å². The maximum Gasteiger partial charge on any atom is 0.0620 e. The van der Waals surface area contributed by atoms with E-state index in [9.17, 15) is 0 Å². The average Bonchev–Trinajstić information content (AvgIpc) is 1.76. The summed E-state index contributed by atoms with van der Waals surface area (Å²) >= 11 is 1.35. The second kappa shape index (κ2) is 2.78. The third-order valence-corrected chi connectivity index (χ3v) is 0.715. The number of hydrogen-bond acceptors (Lipinski definition) is 3. The molecule has 0 atom stereocenters. The van der Waals surface area contributed by atoms with Crippen LogP contribution in [0, 0.1) is 0 Å². The molecule has 0 radical (unpaired) electrons. The van der Waals surface area contributed by atoms with Gasteiger partial charge in [-0.15, -0.1) is 5.10 Å². The highest BCUT2D eigenvalue weighted by molar-refractivity contribution is 7.03. The van der Waals surface area contributed by atoms with Crippen molar-refractivity contribution >= 4 is 11.5 Å². The summed E-state index contributed by atoms with van der Waals surface area (Å²) < 4.78 is 3.51. The molecule has 0 aliphatic rings. The minimum Gasteiger partial charge on any atom is -0.147 e. The maximum atomic E-state index is 3.51. The first-order valence-electron chi connectivity index (χ1n) is 1.21. The SMILES string of the molecule is C.c1csnn1. The minimum atomic E-state index is 0. The molecule has 0 saturated carbocycles. The Kier molecular flexibility index (Phi) is 2.58. The van der Waals surface area contributed by atoms with Crippen LogP contribution in [0.5, 0.6) is 0 Å². The van der Waals surface area contributed by atoms with Crippen molar-refractivity contribution in [3.63, 3.8) is 0 Å².